The first-order chi connectivity index (χ1) is 9.66. The normalized spacial score (nSPS) is 27.7. The van der Waals surface area contributed by atoms with E-state index >= 15 is 0 Å². The Balaban J connectivity index is 2.43. The molecular weight excluding hydrogens is 268 g/mol. The second-order valence-electron chi connectivity index (χ2n) is 7.28. The fourth-order valence-corrected chi connectivity index (χ4v) is 2.38. The van der Waals surface area contributed by atoms with Crippen molar-refractivity contribution < 1.29 is 19.1 Å². The van der Waals surface area contributed by atoms with Crippen molar-refractivity contribution in [2.45, 2.75) is 73.0 Å². The third kappa shape index (κ3) is 5.10. The van der Waals surface area contributed by atoms with Crippen LogP contribution in [0.15, 0.2) is 0 Å². The molecule has 0 unspecified atom stereocenters. The molecule has 1 rings (SSSR count). The maximum Gasteiger partial charge on any atom is 0.311 e. The Morgan fingerprint density at radius 3 is 2.52 bits per heavy atom. The highest BCUT2D eigenvalue weighted by atomic mass is 16.5. The van der Waals surface area contributed by atoms with E-state index in [0.29, 0.717) is 12.3 Å². The average Bonchev–Trinajstić information content (AvgIpc) is 2.66. The summed E-state index contributed by atoms with van der Waals surface area (Å²) < 4.78 is 11.1. The Labute approximate surface area is 128 Å². The molecule has 0 bridgehead atoms. The maximum atomic E-state index is 12.2. The first-order valence-corrected chi connectivity index (χ1v) is 8.03. The van der Waals surface area contributed by atoms with E-state index in [9.17, 15) is 9.59 Å². The summed E-state index contributed by atoms with van der Waals surface area (Å²) in [5.74, 6) is 0.414. The van der Waals surface area contributed by atoms with Gasteiger partial charge in [0.05, 0.1) is 18.1 Å². The molecule has 1 saturated heterocycles. The molecular formula is C17H30O4. The van der Waals surface area contributed by atoms with Crippen LogP contribution in [0.5, 0.6) is 0 Å². The molecule has 4 atom stereocenters. The molecule has 4 heteroatoms. The number of carbonyl (C=O) groups is 2. The molecule has 1 heterocycles. The van der Waals surface area contributed by atoms with Crippen molar-refractivity contribution in [2.24, 2.45) is 17.3 Å². The van der Waals surface area contributed by atoms with Gasteiger partial charge in [0, 0.05) is 12.3 Å². The summed E-state index contributed by atoms with van der Waals surface area (Å²) >= 11 is 0. The van der Waals surface area contributed by atoms with Crippen molar-refractivity contribution >= 4 is 11.8 Å². The van der Waals surface area contributed by atoms with Gasteiger partial charge in [-0.3, -0.25) is 9.59 Å². The van der Waals surface area contributed by atoms with Crippen molar-refractivity contribution in [1.82, 2.24) is 0 Å². The number of rotatable bonds is 6. The van der Waals surface area contributed by atoms with Crippen LogP contribution in [-0.4, -0.2) is 30.6 Å². The third-order valence-electron chi connectivity index (χ3n) is 4.22. The summed E-state index contributed by atoms with van der Waals surface area (Å²) in [7, 11) is 0. The molecule has 0 saturated carbocycles. The lowest BCUT2D eigenvalue weighted by Crippen LogP contribution is -2.26. The molecule has 0 N–H and O–H groups in total. The van der Waals surface area contributed by atoms with E-state index in [1.165, 1.54) is 0 Å². The van der Waals surface area contributed by atoms with Crippen molar-refractivity contribution in [3.8, 4) is 0 Å². The van der Waals surface area contributed by atoms with E-state index in [1.54, 1.807) is 0 Å². The minimum Gasteiger partial charge on any atom is -0.465 e. The van der Waals surface area contributed by atoms with Gasteiger partial charge >= 0.3 is 5.97 Å². The van der Waals surface area contributed by atoms with Gasteiger partial charge < -0.3 is 9.47 Å². The molecule has 0 aromatic carbocycles. The Hall–Kier alpha value is -0.900. The van der Waals surface area contributed by atoms with Crippen LogP contribution in [-0.2, 0) is 19.1 Å². The smallest absolute Gasteiger partial charge is 0.311 e. The Kier molecular flexibility index (Phi) is 6.39. The number of hydrogen-bond acceptors (Lipinski definition) is 4. The van der Waals surface area contributed by atoms with E-state index in [-0.39, 0.29) is 30.4 Å². The summed E-state index contributed by atoms with van der Waals surface area (Å²) in [5, 5.41) is 0. The highest BCUT2D eigenvalue weighted by molar-refractivity contribution is 5.87. The molecule has 21 heavy (non-hydrogen) atoms. The molecule has 122 valence electrons. The third-order valence-corrected chi connectivity index (χ3v) is 4.22. The lowest BCUT2D eigenvalue weighted by atomic mass is 9.92. The molecule has 4 nitrogen and oxygen atoms in total. The summed E-state index contributed by atoms with van der Waals surface area (Å²) in [6, 6.07) is 0. The maximum absolute atomic E-state index is 12.2. The van der Waals surface area contributed by atoms with E-state index < -0.39 is 11.5 Å². The quantitative estimate of drug-likeness (QED) is 0.705. The number of esters is 1. The van der Waals surface area contributed by atoms with Crippen LogP contribution in [0, 0.1) is 17.3 Å². The van der Waals surface area contributed by atoms with Crippen molar-refractivity contribution in [2.75, 3.05) is 6.61 Å². The molecule has 0 aromatic rings. The van der Waals surface area contributed by atoms with E-state index in [4.69, 9.17) is 9.47 Å². The molecule has 0 radical (unpaired) electrons. The van der Waals surface area contributed by atoms with Gasteiger partial charge in [0.25, 0.3) is 0 Å². The second kappa shape index (κ2) is 7.39. The number of ketones is 1. The summed E-state index contributed by atoms with van der Waals surface area (Å²) in [5.41, 5.74) is -0.507. The minimum atomic E-state index is -0.507. The molecule has 0 amide bonds. The van der Waals surface area contributed by atoms with Gasteiger partial charge in [-0.15, -0.1) is 0 Å². The molecule has 0 aliphatic carbocycles. The van der Waals surface area contributed by atoms with Gasteiger partial charge in [-0.2, -0.15) is 0 Å². The Bertz CT molecular complexity index is 369. The molecule has 1 aliphatic rings. The van der Waals surface area contributed by atoms with Crippen LogP contribution >= 0.6 is 0 Å². The van der Waals surface area contributed by atoms with Gasteiger partial charge in [-0.25, -0.2) is 0 Å². The van der Waals surface area contributed by atoms with Gasteiger partial charge in [0.1, 0.15) is 6.10 Å². The molecule has 0 spiro atoms. The van der Waals surface area contributed by atoms with Crippen molar-refractivity contribution in [3.05, 3.63) is 0 Å². The highest BCUT2D eigenvalue weighted by Crippen LogP contribution is 2.30. The van der Waals surface area contributed by atoms with Crippen LogP contribution < -0.4 is 0 Å². The lowest BCUT2D eigenvalue weighted by Gasteiger charge is -2.19. The van der Waals surface area contributed by atoms with Gasteiger partial charge in [-0.05, 0) is 33.1 Å². The van der Waals surface area contributed by atoms with Crippen LogP contribution in [0.3, 0.4) is 0 Å². The van der Waals surface area contributed by atoms with Crippen molar-refractivity contribution in [3.63, 3.8) is 0 Å². The van der Waals surface area contributed by atoms with Crippen LogP contribution in [0.2, 0.25) is 0 Å². The van der Waals surface area contributed by atoms with Crippen LogP contribution in [0.1, 0.15) is 60.8 Å². The number of Topliss-reactive ketones (excluding diaryl/α,β-unsaturated/α-hetero) is 1. The first-order valence-electron chi connectivity index (χ1n) is 8.03. The SMILES string of the molecule is CC[C@@H](C)C[C@H]1O[C@@H](CCOC(=O)C(C)(C)C)C(=O)[C@H]1C. The fourth-order valence-electron chi connectivity index (χ4n) is 2.38. The zero-order valence-corrected chi connectivity index (χ0v) is 14.3. The monoisotopic (exact) mass is 298 g/mol. The van der Waals surface area contributed by atoms with Gasteiger partial charge in [0.2, 0.25) is 0 Å². The largest absolute Gasteiger partial charge is 0.465 e. The molecule has 0 aromatic heterocycles. The summed E-state index contributed by atoms with van der Waals surface area (Å²) in [4.78, 5) is 23.9. The highest BCUT2D eigenvalue weighted by Gasteiger charge is 2.40. The average molecular weight is 298 g/mol. The predicted molar refractivity (Wildman–Crippen MR) is 81.9 cm³/mol. The Morgan fingerprint density at radius 2 is 2.00 bits per heavy atom. The summed E-state index contributed by atoms with van der Waals surface area (Å²) in [6.45, 7) is 12.0. The Morgan fingerprint density at radius 1 is 1.38 bits per heavy atom. The number of carbonyl (C=O) groups excluding carboxylic acids is 2. The fraction of sp³-hybridized carbons (Fsp3) is 0.882. The predicted octanol–water partition coefficient (Wildman–Crippen LogP) is 3.37. The summed E-state index contributed by atoms with van der Waals surface area (Å²) in [6.07, 6.45) is 2.07. The van der Waals surface area contributed by atoms with Gasteiger partial charge in [0.15, 0.2) is 5.78 Å². The van der Waals surface area contributed by atoms with Crippen molar-refractivity contribution in [1.29, 1.82) is 0 Å². The first kappa shape index (κ1) is 18.1. The molecule has 1 fully saturated rings. The second-order valence-corrected chi connectivity index (χ2v) is 7.28. The molecule has 1 aliphatic heterocycles. The zero-order chi connectivity index (χ0) is 16.2. The van der Waals surface area contributed by atoms with E-state index in [0.717, 1.165) is 12.8 Å². The topological polar surface area (TPSA) is 52.6 Å². The van der Waals surface area contributed by atoms with Crippen LogP contribution in [0.25, 0.3) is 0 Å². The standard InChI is InChI=1S/C17H30O4/c1-7-11(2)10-14-12(3)15(18)13(21-14)8-9-20-16(19)17(4,5)6/h11-14H,7-10H2,1-6H3/t11-,12+,13+,14-/m1/s1. The number of ether oxygens (including phenoxy) is 2. The van der Waals surface area contributed by atoms with E-state index in [1.807, 2.05) is 27.7 Å². The van der Waals surface area contributed by atoms with E-state index in [2.05, 4.69) is 13.8 Å². The zero-order valence-electron chi connectivity index (χ0n) is 14.3. The number of hydrogen-bond donors (Lipinski definition) is 0. The van der Waals surface area contributed by atoms with Gasteiger partial charge in [-0.1, -0.05) is 27.2 Å². The lowest BCUT2D eigenvalue weighted by molar-refractivity contribution is -0.154. The van der Waals surface area contributed by atoms with Crippen LogP contribution in [0.4, 0.5) is 0 Å². The minimum absolute atomic E-state index is 0.00997.